The van der Waals surface area contributed by atoms with Crippen LogP contribution in [0.2, 0.25) is 0 Å². The Bertz CT molecular complexity index is 771. The number of rotatable bonds is 4. The topological polar surface area (TPSA) is 55.1 Å². The normalized spacial score (nSPS) is 10.6. The molecule has 112 valence electrons. The summed E-state index contributed by atoms with van der Waals surface area (Å²) >= 11 is 1.48. The molecule has 0 saturated carbocycles. The average Bonchev–Trinajstić information content (AvgIpc) is 3.13. The molecule has 5 heteroatoms. The van der Waals surface area contributed by atoms with Crippen molar-refractivity contribution in [1.82, 2.24) is 4.98 Å². The van der Waals surface area contributed by atoms with Crippen LogP contribution in [-0.4, -0.2) is 10.9 Å². The number of carbonyl (C=O) groups excluding carboxylic acids is 1. The molecule has 1 aromatic carbocycles. The van der Waals surface area contributed by atoms with Crippen LogP contribution in [0.4, 0.5) is 5.69 Å². The smallest absolute Gasteiger partial charge is 0.230 e. The average molecular weight is 312 g/mol. The van der Waals surface area contributed by atoms with Gasteiger partial charge in [-0.2, -0.15) is 0 Å². The van der Waals surface area contributed by atoms with Crippen molar-refractivity contribution in [3.8, 4) is 10.8 Å². The van der Waals surface area contributed by atoms with Crippen molar-refractivity contribution >= 4 is 22.9 Å². The van der Waals surface area contributed by atoms with Crippen molar-refractivity contribution in [2.45, 2.75) is 20.3 Å². The Morgan fingerprint density at radius 1 is 1.23 bits per heavy atom. The van der Waals surface area contributed by atoms with E-state index in [1.165, 1.54) is 11.3 Å². The first kappa shape index (κ1) is 14.5. The Morgan fingerprint density at radius 2 is 2.00 bits per heavy atom. The highest BCUT2D eigenvalue weighted by Crippen LogP contribution is 2.24. The van der Waals surface area contributed by atoms with Gasteiger partial charge in [0.25, 0.3) is 0 Å². The van der Waals surface area contributed by atoms with Gasteiger partial charge in [0.1, 0.15) is 0 Å². The van der Waals surface area contributed by atoms with Gasteiger partial charge in [0.2, 0.25) is 5.91 Å². The second kappa shape index (κ2) is 6.15. The third-order valence-electron chi connectivity index (χ3n) is 3.37. The molecular formula is C17H16N2O2S. The molecule has 0 unspecified atom stereocenters. The van der Waals surface area contributed by atoms with Crippen LogP contribution >= 0.6 is 11.3 Å². The van der Waals surface area contributed by atoms with Crippen LogP contribution in [0.5, 0.6) is 0 Å². The number of thiazole rings is 1. The maximum atomic E-state index is 12.2. The number of amides is 1. The highest BCUT2D eigenvalue weighted by Gasteiger charge is 2.12. The van der Waals surface area contributed by atoms with E-state index in [4.69, 9.17) is 4.42 Å². The van der Waals surface area contributed by atoms with Gasteiger partial charge < -0.3 is 9.73 Å². The van der Waals surface area contributed by atoms with Crippen LogP contribution in [0.15, 0.2) is 46.4 Å². The molecule has 2 heterocycles. The van der Waals surface area contributed by atoms with E-state index < -0.39 is 0 Å². The molecule has 0 spiro atoms. The first-order valence-electron chi connectivity index (χ1n) is 6.98. The minimum Gasteiger partial charge on any atom is -0.462 e. The molecule has 0 aliphatic rings. The van der Waals surface area contributed by atoms with Crippen molar-refractivity contribution < 1.29 is 9.21 Å². The van der Waals surface area contributed by atoms with Crippen molar-refractivity contribution in [1.29, 1.82) is 0 Å². The number of nitrogens with one attached hydrogen (secondary N) is 1. The summed E-state index contributed by atoms with van der Waals surface area (Å²) in [6.07, 6.45) is 1.87. The summed E-state index contributed by atoms with van der Waals surface area (Å²) in [7, 11) is 0. The van der Waals surface area contributed by atoms with Gasteiger partial charge in [0, 0.05) is 11.1 Å². The van der Waals surface area contributed by atoms with E-state index in [2.05, 4.69) is 10.3 Å². The maximum Gasteiger partial charge on any atom is 0.230 e. The zero-order valence-corrected chi connectivity index (χ0v) is 13.2. The molecule has 1 amide bonds. The van der Waals surface area contributed by atoms with Crippen LogP contribution in [0.3, 0.4) is 0 Å². The number of para-hydroxylation sites is 1. The fourth-order valence-corrected chi connectivity index (χ4v) is 3.05. The van der Waals surface area contributed by atoms with Crippen molar-refractivity contribution in [2.75, 3.05) is 5.32 Å². The summed E-state index contributed by atoms with van der Waals surface area (Å²) in [6.45, 7) is 3.97. The summed E-state index contributed by atoms with van der Waals surface area (Å²) < 4.78 is 5.31. The van der Waals surface area contributed by atoms with E-state index >= 15 is 0 Å². The Morgan fingerprint density at radius 3 is 2.68 bits per heavy atom. The Labute approximate surface area is 132 Å². The van der Waals surface area contributed by atoms with E-state index in [1.807, 2.05) is 49.6 Å². The lowest BCUT2D eigenvalue weighted by Gasteiger charge is -2.10. The Balaban J connectivity index is 1.70. The lowest BCUT2D eigenvalue weighted by atomic mass is 10.1. The molecule has 3 aromatic rings. The van der Waals surface area contributed by atoms with Crippen LogP contribution in [-0.2, 0) is 11.2 Å². The SMILES string of the molecule is Cc1cccc(C)c1NC(=O)Cc1csc(-c2ccco2)n1. The highest BCUT2D eigenvalue weighted by atomic mass is 32.1. The highest BCUT2D eigenvalue weighted by molar-refractivity contribution is 7.13. The fraction of sp³-hybridized carbons (Fsp3) is 0.176. The summed E-state index contributed by atoms with van der Waals surface area (Å²) in [5.74, 6) is 0.667. The maximum absolute atomic E-state index is 12.2. The zero-order chi connectivity index (χ0) is 15.5. The quantitative estimate of drug-likeness (QED) is 0.785. The molecule has 3 rings (SSSR count). The molecule has 0 aliphatic heterocycles. The van der Waals surface area contributed by atoms with Gasteiger partial charge in [-0.25, -0.2) is 4.98 Å². The van der Waals surface area contributed by atoms with Crippen LogP contribution in [0.1, 0.15) is 16.8 Å². The fourth-order valence-electron chi connectivity index (χ4n) is 2.26. The monoisotopic (exact) mass is 312 g/mol. The zero-order valence-electron chi connectivity index (χ0n) is 12.4. The van der Waals surface area contributed by atoms with Gasteiger partial charge in [-0.05, 0) is 37.1 Å². The molecule has 0 fully saturated rings. The van der Waals surface area contributed by atoms with Crippen molar-refractivity contribution in [3.05, 3.63) is 58.8 Å². The number of aromatic nitrogens is 1. The molecule has 0 atom stereocenters. The lowest BCUT2D eigenvalue weighted by Crippen LogP contribution is -2.16. The van der Waals surface area contributed by atoms with Gasteiger partial charge in [-0.1, -0.05) is 18.2 Å². The van der Waals surface area contributed by atoms with E-state index in [1.54, 1.807) is 6.26 Å². The van der Waals surface area contributed by atoms with Gasteiger partial charge in [0.15, 0.2) is 10.8 Å². The number of aryl methyl sites for hydroxylation is 2. The predicted octanol–water partition coefficient (Wildman–Crippen LogP) is 4.20. The summed E-state index contributed by atoms with van der Waals surface area (Å²) in [5.41, 5.74) is 3.75. The van der Waals surface area contributed by atoms with Gasteiger partial charge >= 0.3 is 0 Å². The molecule has 2 aromatic heterocycles. The number of hydrogen-bond acceptors (Lipinski definition) is 4. The number of nitrogens with zero attached hydrogens (tertiary/aromatic N) is 1. The van der Waals surface area contributed by atoms with Crippen LogP contribution < -0.4 is 5.32 Å². The Hall–Kier alpha value is -2.40. The number of furan rings is 1. The van der Waals surface area contributed by atoms with Crippen molar-refractivity contribution in [3.63, 3.8) is 0 Å². The largest absolute Gasteiger partial charge is 0.462 e. The van der Waals surface area contributed by atoms with Crippen LogP contribution in [0.25, 0.3) is 10.8 Å². The summed E-state index contributed by atoms with van der Waals surface area (Å²) in [6, 6.07) is 9.64. The van der Waals surface area contributed by atoms with E-state index in [-0.39, 0.29) is 12.3 Å². The van der Waals surface area contributed by atoms with Gasteiger partial charge in [0.05, 0.1) is 18.4 Å². The second-order valence-electron chi connectivity index (χ2n) is 5.11. The Kier molecular flexibility index (Phi) is 4.06. The first-order valence-corrected chi connectivity index (χ1v) is 7.86. The molecule has 0 bridgehead atoms. The number of hydrogen-bond donors (Lipinski definition) is 1. The minimum absolute atomic E-state index is 0.0614. The van der Waals surface area contributed by atoms with Gasteiger partial charge in [-0.3, -0.25) is 4.79 Å². The van der Waals surface area contributed by atoms with E-state index in [0.29, 0.717) is 0 Å². The second-order valence-corrected chi connectivity index (χ2v) is 5.97. The molecule has 4 nitrogen and oxygen atoms in total. The third-order valence-corrected chi connectivity index (χ3v) is 4.28. The lowest BCUT2D eigenvalue weighted by molar-refractivity contribution is -0.115. The summed E-state index contributed by atoms with van der Waals surface area (Å²) in [5, 5.41) is 5.66. The molecule has 22 heavy (non-hydrogen) atoms. The molecule has 1 N–H and O–H groups in total. The molecule has 0 radical (unpaired) electrons. The number of anilines is 1. The van der Waals surface area contributed by atoms with Crippen LogP contribution in [0, 0.1) is 13.8 Å². The van der Waals surface area contributed by atoms with Gasteiger partial charge in [-0.15, -0.1) is 11.3 Å². The van der Waals surface area contributed by atoms with E-state index in [9.17, 15) is 4.79 Å². The molecule has 0 saturated heterocycles. The molecule has 0 aliphatic carbocycles. The standard InChI is InChI=1S/C17H16N2O2S/c1-11-5-3-6-12(2)16(11)19-15(20)9-13-10-22-17(18-13)14-7-4-8-21-14/h3-8,10H,9H2,1-2H3,(H,19,20). The number of benzene rings is 1. The first-order chi connectivity index (χ1) is 10.6. The minimum atomic E-state index is -0.0614. The third kappa shape index (κ3) is 3.09. The summed E-state index contributed by atoms with van der Waals surface area (Å²) in [4.78, 5) is 16.7. The molecular weight excluding hydrogens is 296 g/mol. The van der Waals surface area contributed by atoms with E-state index in [0.717, 1.165) is 33.3 Å². The van der Waals surface area contributed by atoms with Crippen molar-refractivity contribution in [2.24, 2.45) is 0 Å². The predicted molar refractivity (Wildman–Crippen MR) is 88.1 cm³/mol. The number of carbonyl (C=O) groups is 1.